The summed E-state index contributed by atoms with van der Waals surface area (Å²) in [7, 11) is 0. The molecule has 0 bridgehead atoms. The van der Waals surface area contributed by atoms with Gasteiger partial charge in [-0.2, -0.15) is 13.2 Å². The Bertz CT molecular complexity index is 1240. The predicted molar refractivity (Wildman–Crippen MR) is 110 cm³/mol. The number of furan rings is 1. The molecule has 0 saturated heterocycles. The van der Waals surface area contributed by atoms with Crippen LogP contribution in [-0.4, -0.2) is 16.7 Å². The second-order valence-electron chi connectivity index (χ2n) is 6.85. The van der Waals surface area contributed by atoms with E-state index in [-0.39, 0.29) is 16.7 Å². The summed E-state index contributed by atoms with van der Waals surface area (Å²) in [6.07, 6.45) is -4.57. The molecule has 2 aromatic heterocycles. The van der Waals surface area contributed by atoms with Crippen molar-refractivity contribution in [2.45, 2.75) is 19.0 Å². The Morgan fingerprint density at radius 1 is 1.10 bits per heavy atom. The number of anilines is 1. The number of carbonyl (C=O) groups is 2. The average molecular weight is 444 g/mol. The molecule has 0 radical (unpaired) electrons. The number of nitrogens with zero attached hydrogens (tertiary/aromatic N) is 1. The van der Waals surface area contributed by atoms with Crippen molar-refractivity contribution >= 4 is 39.1 Å². The van der Waals surface area contributed by atoms with Crippen molar-refractivity contribution in [3.8, 4) is 0 Å². The number of fused-ring (bicyclic) bond motifs is 1. The maximum Gasteiger partial charge on any atom is 0.434 e. The number of rotatable bonds is 5. The van der Waals surface area contributed by atoms with Gasteiger partial charge in [0.15, 0.2) is 16.6 Å². The van der Waals surface area contributed by atoms with E-state index >= 15 is 0 Å². The number of carbonyl (C=O) groups excluding carboxylic acids is 2. The van der Waals surface area contributed by atoms with Crippen molar-refractivity contribution in [1.29, 1.82) is 0 Å². The number of nitrogens with one attached hydrogen (secondary N) is 1. The third kappa shape index (κ3) is 4.36. The molecule has 2 aromatic carbocycles. The largest absolute Gasteiger partial charge is 0.453 e. The summed E-state index contributed by atoms with van der Waals surface area (Å²) in [5, 5.41) is 3.90. The maximum absolute atomic E-state index is 12.8. The molecule has 31 heavy (non-hydrogen) atoms. The van der Waals surface area contributed by atoms with Gasteiger partial charge in [0.05, 0.1) is 5.92 Å². The third-order valence-electron chi connectivity index (χ3n) is 4.72. The molecule has 4 aromatic rings. The van der Waals surface area contributed by atoms with E-state index in [4.69, 9.17) is 4.42 Å². The zero-order valence-corrected chi connectivity index (χ0v) is 16.9. The lowest BCUT2D eigenvalue weighted by Gasteiger charge is -2.12. The minimum atomic E-state index is -4.57. The van der Waals surface area contributed by atoms with Crippen LogP contribution in [0.25, 0.3) is 11.0 Å². The molecule has 1 amide bonds. The number of hydrogen-bond acceptors (Lipinski definition) is 5. The lowest BCUT2D eigenvalue weighted by atomic mass is 9.96. The fourth-order valence-electron chi connectivity index (χ4n) is 3.01. The summed E-state index contributed by atoms with van der Waals surface area (Å²) in [6, 6.07) is 15.4. The molecule has 0 aliphatic carbocycles. The van der Waals surface area contributed by atoms with Crippen LogP contribution in [0.15, 0.2) is 64.4 Å². The van der Waals surface area contributed by atoms with E-state index in [0.717, 1.165) is 10.8 Å². The molecule has 0 unspecified atom stereocenters. The summed E-state index contributed by atoms with van der Waals surface area (Å²) >= 11 is 0.695. The molecule has 0 aliphatic heterocycles. The van der Waals surface area contributed by atoms with Gasteiger partial charge in [-0.3, -0.25) is 9.59 Å². The van der Waals surface area contributed by atoms with E-state index in [1.54, 1.807) is 49.4 Å². The molecule has 1 atom stereocenters. The van der Waals surface area contributed by atoms with Gasteiger partial charge in [0.1, 0.15) is 5.58 Å². The van der Waals surface area contributed by atoms with E-state index in [1.807, 2.05) is 12.1 Å². The minimum absolute atomic E-state index is 0.140. The van der Waals surface area contributed by atoms with Crippen LogP contribution in [0, 0.1) is 0 Å². The number of hydrogen-bond donors (Lipinski definition) is 1. The topological polar surface area (TPSA) is 72.2 Å². The summed E-state index contributed by atoms with van der Waals surface area (Å²) in [5.74, 6) is -1.41. The van der Waals surface area contributed by atoms with Gasteiger partial charge in [0.2, 0.25) is 11.7 Å². The fraction of sp³-hybridized carbons (Fsp3) is 0.136. The summed E-state index contributed by atoms with van der Waals surface area (Å²) in [4.78, 5) is 28.7. The highest BCUT2D eigenvalue weighted by atomic mass is 32.1. The van der Waals surface area contributed by atoms with Gasteiger partial charge in [-0.05, 0) is 30.7 Å². The first-order valence-corrected chi connectivity index (χ1v) is 10.1. The van der Waals surface area contributed by atoms with Crippen LogP contribution in [-0.2, 0) is 11.0 Å². The molecule has 4 rings (SSSR count). The molecule has 158 valence electrons. The molecule has 2 heterocycles. The quantitative estimate of drug-likeness (QED) is 0.390. The Balaban J connectivity index is 1.52. The number of para-hydroxylation sites is 1. The molecule has 9 heteroatoms. The monoisotopic (exact) mass is 444 g/mol. The van der Waals surface area contributed by atoms with Crippen molar-refractivity contribution in [2.75, 3.05) is 5.32 Å². The first-order chi connectivity index (χ1) is 14.7. The second-order valence-corrected chi connectivity index (χ2v) is 7.71. The molecule has 0 aliphatic rings. The Labute approximate surface area is 178 Å². The third-order valence-corrected chi connectivity index (χ3v) is 5.47. The Morgan fingerprint density at radius 3 is 2.58 bits per heavy atom. The molecular weight excluding hydrogens is 429 g/mol. The fourth-order valence-corrected chi connectivity index (χ4v) is 3.73. The smallest absolute Gasteiger partial charge is 0.434 e. The number of halogens is 3. The van der Waals surface area contributed by atoms with Crippen LogP contribution in [0.1, 0.15) is 40.2 Å². The number of aromatic nitrogens is 1. The van der Waals surface area contributed by atoms with Crippen LogP contribution < -0.4 is 5.32 Å². The van der Waals surface area contributed by atoms with Crippen molar-refractivity contribution in [3.05, 3.63) is 82.6 Å². The Kier molecular flexibility index (Phi) is 5.36. The lowest BCUT2D eigenvalue weighted by molar-refractivity contribution is -0.140. The van der Waals surface area contributed by atoms with Gasteiger partial charge >= 0.3 is 6.18 Å². The van der Waals surface area contributed by atoms with E-state index in [2.05, 4.69) is 10.3 Å². The number of alkyl halides is 3. The highest BCUT2D eigenvalue weighted by Crippen LogP contribution is 2.32. The molecule has 0 saturated carbocycles. The molecule has 5 nitrogen and oxygen atoms in total. The van der Waals surface area contributed by atoms with Crippen molar-refractivity contribution in [3.63, 3.8) is 0 Å². The SMILES string of the molecule is C[C@@H](C(=O)Nc1nc(C(F)(F)F)cs1)c1cccc(C(=O)c2cc3ccccc3o2)c1. The van der Waals surface area contributed by atoms with E-state index < -0.39 is 23.7 Å². The Hall–Kier alpha value is -3.46. The second kappa shape index (κ2) is 7.99. The zero-order chi connectivity index (χ0) is 22.2. The maximum atomic E-state index is 12.8. The highest BCUT2D eigenvalue weighted by Gasteiger charge is 2.34. The molecule has 0 spiro atoms. The lowest BCUT2D eigenvalue weighted by Crippen LogP contribution is -2.19. The average Bonchev–Trinajstić information content (AvgIpc) is 3.39. The number of thiazole rings is 1. The van der Waals surface area contributed by atoms with Gasteiger partial charge in [0.25, 0.3) is 0 Å². The van der Waals surface area contributed by atoms with E-state index in [9.17, 15) is 22.8 Å². The summed E-state index contributed by atoms with van der Waals surface area (Å²) in [5.41, 5.74) is 0.409. The van der Waals surface area contributed by atoms with Crippen LogP contribution in [0.2, 0.25) is 0 Å². The van der Waals surface area contributed by atoms with Crippen molar-refractivity contribution < 1.29 is 27.2 Å². The number of benzene rings is 2. The number of amides is 1. The molecular formula is C22H15F3N2O3S. The first kappa shape index (κ1) is 20.8. The van der Waals surface area contributed by atoms with Gasteiger partial charge in [-0.25, -0.2) is 4.98 Å². The van der Waals surface area contributed by atoms with E-state index in [1.165, 1.54) is 0 Å². The molecule has 0 fully saturated rings. The predicted octanol–water partition coefficient (Wildman–Crippen LogP) is 5.88. The van der Waals surface area contributed by atoms with E-state index in [0.29, 0.717) is 28.0 Å². The van der Waals surface area contributed by atoms with Crippen LogP contribution >= 0.6 is 11.3 Å². The van der Waals surface area contributed by atoms with Gasteiger partial charge in [-0.1, -0.05) is 36.4 Å². The highest BCUT2D eigenvalue weighted by molar-refractivity contribution is 7.13. The van der Waals surface area contributed by atoms with Crippen LogP contribution in [0.5, 0.6) is 0 Å². The van der Waals surface area contributed by atoms with Crippen molar-refractivity contribution in [2.24, 2.45) is 0 Å². The minimum Gasteiger partial charge on any atom is -0.453 e. The normalized spacial score (nSPS) is 12.6. The van der Waals surface area contributed by atoms with Gasteiger partial charge in [-0.15, -0.1) is 11.3 Å². The van der Waals surface area contributed by atoms with Gasteiger partial charge in [0, 0.05) is 16.3 Å². The Morgan fingerprint density at radius 2 is 1.87 bits per heavy atom. The molecule has 1 N–H and O–H groups in total. The summed E-state index contributed by atoms with van der Waals surface area (Å²) < 4.78 is 43.7. The number of ketones is 1. The van der Waals surface area contributed by atoms with Crippen molar-refractivity contribution in [1.82, 2.24) is 4.98 Å². The zero-order valence-electron chi connectivity index (χ0n) is 16.1. The standard InChI is InChI=1S/C22H15F3N2O3S/c1-12(20(29)27-21-26-18(11-31-21)22(23,24)25)13-6-4-7-15(9-13)19(28)17-10-14-5-2-3-8-16(14)30-17/h2-12H,1H3,(H,26,27,29)/t12-/m1/s1. The van der Waals surface area contributed by atoms with Gasteiger partial charge < -0.3 is 9.73 Å². The van der Waals surface area contributed by atoms with Crippen LogP contribution in [0.3, 0.4) is 0 Å². The first-order valence-electron chi connectivity index (χ1n) is 9.19. The van der Waals surface area contributed by atoms with Crippen LogP contribution in [0.4, 0.5) is 18.3 Å². The summed E-state index contributed by atoms with van der Waals surface area (Å²) in [6.45, 7) is 1.60.